The van der Waals surface area contributed by atoms with E-state index in [1.165, 1.54) is 16.2 Å². The number of likely N-dealkylation sites (tertiary alicyclic amines) is 1. The van der Waals surface area contributed by atoms with Crippen LogP contribution in [0, 0.1) is 0 Å². The van der Waals surface area contributed by atoms with Crippen LogP contribution in [0.1, 0.15) is 18.5 Å². The van der Waals surface area contributed by atoms with Gasteiger partial charge in [0, 0.05) is 11.9 Å². The third-order valence-corrected chi connectivity index (χ3v) is 3.31. The minimum atomic E-state index is -0.913. The van der Waals surface area contributed by atoms with Gasteiger partial charge in [-0.3, -0.25) is 4.79 Å². The fourth-order valence-corrected chi connectivity index (χ4v) is 2.46. The summed E-state index contributed by atoms with van der Waals surface area (Å²) in [6.07, 6.45) is 1.52. The first-order valence-corrected chi connectivity index (χ1v) is 6.02. The zero-order chi connectivity index (χ0) is 11.5. The molecule has 2 rings (SSSR count). The van der Waals surface area contributed by atoms with E-state index in [-0.39, 0.29) is 12.3 Å². The highest BCUT2D eigenvalue weighted by Crippen LogP contribution is 2.18. The molecule has 1 atom stereocenters. The number of hydrogen-bond donors (Lipinski definition) is 1. The van der Waals surface area contributed by atoms with Crippen molar-refractivity contribution >= 4 is 23.2 Å². The van der Waals surface area contributed by atoms with Crippen LogP contribution in [0.4, 0.5) is 0 Å². The van der Waals surface area contributed by atoms with Gasteiger partial charge in [0.05, 0.1) is 17.6 Å². The average Bonchev–Trinajstić information content (AvgIpc) is 2.86. The van der Waals surface area contributed by atoms with Gasteiger partial charge in [-0.15, -0.1) is 11.3 Å². The summed E-state index contributed by atoms with van der Waals surface area (Å²) in [6.45, 7) is 0.542. The predicted octanol–water partition coefficient (Wildman–Crippen LogP) is 0.761. The number of carboxylic acid groups (broad SMARTS) is 1. The standard InChI is InChI=1S/C10H12N2O3S/c13-9(4-7-5-16-6-11-7)12-3-1-2-8(12)10(14)15/h5-6,8H,1-4H2,(H,14,15). The van der Waals surface area contributed by atoms with Crippen LogP contribution >= 0.6 is 11.3 Å². The van der Waals surface area contributed by atoms with E-state index < -0.39 is 12.0 Å². The van der Waals surface area contributed by atoms with E-state index in [2.05, 4.69) is 4.98 Å². The molecule has 0 bridgehead atoms. The Hall–Kier alpha value is -1.43. The van der Waals surface area contributed by atoms with Crippen molar-refractivity contribution in [2.45, 2.75) is 25.3 Å². The van der Waals surface area contributed by atoms with E-state index in [4.69, 9.17) is 5.11 Å². The van der Waals surface area contributed by atoms with Crippen molar-refractivity contribution in [3.05, 3.63) is 16.6 Å². The molecule has 0 radical (unpaired) electrons. The van der Waals surface area contributed by atoms with Gasteiger partial charge in [-0.05, 0) is 12.8 Å². The minimum Gasteiger partial charge on any atom is -0.480 e. The summed E-state index contributed by atoms with van der Waals surface area (Å²) in [5, 5.41) is 10.8. The van der Waals surface area contributed by atoms with E-state index in [0.29, 0.717) is 18.7 Å². The molecule has 5 nitrogen and oxygen atoms in total. The lowest BCUT2D eigenvalue weighted by atomic mass is 10.2. The highest BCUT2D eigenvalue weighted by molar-refractivity contribution is 7.07. The van der Waals surface area contributed by atoms with Gasteiger partial charge in [0.1, 0.15) is 6.04 Å². The van der Waals surface area contributed by atoms with E-state index in [1.54, 1.807) is 5.51 Å². The molecule has 1 saturated heterocycles. The molecule has 86 valence electrons. The third-order valence-electron chi connectivity index (χ3n) is 2.67. The largest absolute Gasteiger partial charge is 0.480 e. The number of nitrogens with zero attached hydrogens (tertiary/aromatic N) is 2. The van der Waals surface area contributed by atoms with E-state index in [9.17, 15) is 9.59 Å². The second-order valence-electron chi connectivity index (χ2n) is 3.74. The number of thiazole rings is 1. The lowest BCUT2D eigenvalue weighted by Gasteiger charge is -2.20. The Balaban J connectivity index is 2.01. The Bertz CT molecular complexity index is 391. The van der Waals surface area contributed by atoms with Crippen molar-refractivity contribution in [3.8, 4) is 0 Å². The fourth-order valence-electron chi connectivity index (χ4n) is 1.90. The first-order chi connectivity index (χ1) is 7.68. The number of aliphatic carboxylic acids is 1. The van der Waals surface area contributed by atoms with Crippen LogP contribution in [0.5, 0.6) is 0 Å². The molecule has 2 heterocycles. The summed E-state index contributed by atoms with van der Waals surface area (Å²) in [5.74, 6) is -1.06. The lowest BCUT2D eigenvalue weighted by Crippen LogP contribution is -2.41. The molecule has 0 aromatic carbocycles. The summed E-state index contributed by atoms with van der Waals surface area (Å²) in [6, 6.07) is -0.647. The first-order valence-electron chi connectivity index (χ1n) is 5.08. The summed E-state index contributed by atoms with van der Waals surface area (Å²) < 4.78 is 0. The number of carboxylic acids is 1. The van der Waals surface area contributed by atoms with Gasteiger partial charge in [-0.1, -0.05) is 0 Å². The number of amides is 1. The van der Waals surface area contributed by atoms with Crippen LogP contribution in [0.25, 0.3) is 0 Å². The summed E-state index contributed by atoms with van der Waals surface area (Å²) in [5.41, 5.74) is 2.38. The fraction of sp³-hybridized carbons (Fsp3) is 0.500. The maximum Gasteiger partial charge on any atom is 0.326 e. The van der Waals surface area contributed by atoms with Gasteiger partial charge >= 0.3 is 5.97 Å². The average molecular weight is 240 g/mol. The second kappa shape index (κ2) is 4.61. The molecule has 16 heavy (non-hydrogen) atoms. The molecule has 1 aliphatic rings. The van der Waals surface area contributed by atoms with Crippen molar-refractivity contribution in [2.24, 2.45) is 0 Å². The topological polar surface area (TPSA) is 70.5 Å². The van der Waals surface area contributed by atoms with Crippen molar-refractivity contribution in [1.29, 1.82) is 0 Å². The summed E-state index contributed by atoms with van der Waals surface area (Å²) in [4.78, 5) is 28.2. The number of aromatic nitrogens is 1. The van der Waals surface area contributed by atoms with Crippen molar-refractivity contribution < 1.29 is 14.7 Å². The summed E-state index contributed by atoms with van der Waals surface area (Å²) in [7, 11) is 0. The number of hydrogen-bond acceptors (Lipinski definition) is 4. The van der Waals surface area contributed by atoms with Crippen LogP contribution in [-0.2, 0) is 16.0 Å². The monoisotopic (exact) mass is 240 g/mol. The molecular weight excluding hydrogens is 228 g/mol. The van der Waals surface area contributed by atoms with Crippen LogP contribution in [-0.4, -0.2) is 39.5 Å². The van der Waals surface area contributed by atoms with Crippen molar-refractivity contribution in [2.75, 3.05) is 6.54 Å². The molecule has 1 fully saturated rings. The smallest absolute Gasteiger partial charge is 0.326 e. The molecule has 1 aromatic rings. The number of rotatable bonds is 3. The Morgan fingerprint density at radius 3 is 3.06 bits per heavy atom. The molecule has 1 N–H and O–H groups in total. The lowest BCUT2D eigenvalue weighted by molar-refractivity contribution is -0.148. The quantitative estimate of drug-likeness (QED) is 0.846. The molecule has 1 amide bonds. The van der Waals surface area contributed by atoms with Gasteiger partial charge in [0.25, 0.3) is 0 Å². The van der Waals surface area contributed by atoms with Crippen molar-refractivity contribution in [1.82, 2.24) is 9.88 Å². The highest BCUT2D eigenvalue weighted by Gasteiger charge is 2.33. The molecule has 1 unspecified atom stereocenters. The van der Waals surface area contributed by atoms with Gasteiger partial charge < -0.3 is 10.0 Å². The van der Waals surface area contributed by atoms with Gasteiger partial charge in [0.2, 0.25) is 5.91 Å². The minimum absolute atomic E-state index is 0.143. The Morgan fingerprint density at radius 1 is 1.62 bits per heavy atom. The molecule has 0 saturated carbocycles. The van der Waals surface area contributed by atoms with Gasteiger partial charge in [-0.2, -0.15) is 0 Å². The number of carbonyl (C=O) groups is 2. The zero-order valence-electron chi connectivity index (χ0n) is 8.63. The number of carbonyl (C=O) groups excluding carboxylic acids is 1. The normalized spacial score (nSPS) is 20.0. The second-order valence-corrected chi connectivity index (χ2v) is 4.46. The maximum atomic E-state index is 11.9. The molecule has 6 heteroatoms. The van der Waals surface area contributed by atoms with Crippen molar-refractivity contribution in [3.63, 3.8) is 0 Å². The Labute approximate surface area is 96.7 Å². The highest BCUT2D eigenvalue weighted by atomic mass is 32.1. The van der Waals surface area contributed by atoms with Crippen LogP contribution in [0.3, 0.4) is 0 Å². The van der Waals surface area contributed by atoms with E-state index >= 15 is 0 Å². The first kappa shape index (κ1) is 11.1. The van der Waals surface area contributed by atoms with Crippen LogP contribution in [0.15, 0.2) is 10.9 Å². The Morgan fingerprint density at radius 2 is 2.44 bits per heavy atom. The summed E-state index contributed by atoms with van der Waals surface area (Å²) >= 11 is 1.43. The van der Waals surface area contributed by atoms with Crippen LogP contribution in [0.2, 0.25) is 0 Å². The molecule has 1 aromatic heterocycles. The van der Waals surface area contributed by atoms with Crippen LogP contribution < -0.4 is 0 Å². The Kier molecular flexibility index (Phi) is 3.19. The molecule has 1 aliphatic heterocycles. The van der Waals surface area contributed by atoms with Gasteiger partial charge in [-0.25, -0.2) is 9.78 Å². The zero-order valence-corrected chi connectivity index (χ0v) is 9.44. The molecule has 0 aliphatic carbocycles. The predicted molar refractivity (Wildman–Crippen MR) is 58.2 cm³/mol. The molecule has 0 spiro atoms. The maximum absolute atomic E-state index is 11.9. The third kappa shape index (κ3) is 2.21. The van der Waals surface area contributed by atoms with E-state index in [0.717, 1.165) is 6.42 Å². The molecular formula is C10H12N2O3S. The van der Waals surface area contributed by atoms with Gasteiger partial charge in [0.15, 0.2) is 0 Å². The van der Waals surface area contributed by atoms with E-state index in [1.807, 2.05) is 5.38 Å². The SMILES string of the molecule is O=C(O)C1CCCN1C(=O)Cc1cscn1.